The largest absolute Gasteiger partial charge is 0.475 e. The third kappa shape index (κ3) is 5.52. The molecule has 0 aliphatic heterocycles. The van der Waals surface area contributed by atoms with Gasteiger partial charge in [0.05, 0.1) is 6.61 Å². The third-order valence-corrected chi connectivity index (χ3v) is 2.68. The highest BCUT2D eigenvalue weighted by molar-refractivity contribution is 7.98. The van der Waals surface area contributed by atoms with Crippen LogP contribution in [-0.2, 0) is 4.74 Å². The molecule has 1 rings (SSSR count). The summed E-state index contributed by atoms with van der Waals surface area (Å²) in [5.41, 5.74) is 2.48. The van der Waals surface area contributed by atoms with Crippen LogP contribution in [0.3, 0.4) is 0 Å². The molecule has 0 fully saturated rings. The molecule has 1 aromatic heterocycles. The van der Waals surface area contributed by atoms with Crippen LogP contribution < -0.4 is 16.0 Å². The van der Waals surface area contributed by atoms with Gasteiger partial charge in [0, 0.05) is 12.7 Å². The van der Waals surface area contributed by atoms with Crippen LogP contribution in [0.15, 0.2) is 11.2 Å². The fraction of sp³-hybridized carbons (Fsp3) is 0.636. The average molecular weight is 272 g/mol. The van der Waals surface area contributed by atoms with Gasteiger partial charge in [-0.3, -0.25) is 0 Å². The second-order valence-electron chi connectivity index (χ2n) is 3.54. The highest BCUT2D eigenvalue weighted by Gasteiger charge is 2.04. The second kappa shape index (κ2) is 8.96. The zero-order chi connectivity index (χ0) is 13.2. The van der Waals surface area contributed by atoms with E-state index in [0.717, 1.165) is 19.4 Å². The summed E-state index contributed by atoms with van der Waals surface area (Å²) >= 11 is 1.43. The van der Waals surface area contributed by atoms with Crippen molar-refractivity contribution in [3.8, 4) is 5.88 Å². The highest BCUT2D eigenvalue weighted by atomic mass is 32.2. The van der Waals surface area contributed by atoms with Gasteiger partial charge in [-0.2, -0.15) is 4.98 Å². The zero-order valence-electron chi connectivity index (χ0n) is 10.8. The summed E-state index contributed by atoms with van der Waals surface area (Å²) in [6.45, 7) is 3.93. The number of thioether (sulfide) groups is 1. The number of aromatic nitrogens is 2. The van der Waals surface area contributed by atoms with E-state index in [1.54, 1.807) is 6.07 Å². The molecule has 102 valence electrons. The van der Waals surface area contributed by atoms with Gasteiger partial charge in [-0.1, -0.05) is 25.1 Å². The summed E-state index contributed by atoms with van der Waals surface area (Å²) in [6.07, 6.45) is 4.11. The summed E-state index contributed by atoms with van der Waals surface area (Å²) in [5, 5.41) is 0.618. The minimum absolute atomic E-state index is 0.471. The van der Waals surface area contributed by atoms with Crippen molar-refractivity contribution in [3.05, 3.63) is 6.07 Å². The Kier molecular flexibility index (Phi) is 7.47. The van der Waals surface area contributed by atoms with Crippen LogP contribution in [0.1, 0.15) is 19.8 Å². The lowest BCUT2D eigenvalue weighted by molar-refractivity contribution is 0.0962. The van der Waals surface area contributed by atoms with Crippen LogP contribution in [0.4, 0.5) is 5.82 Å². The van der Waals surface area contributed by atoms with E-state index in [2.05, 4.69) is 22.3 Å². The fourth-order valence-electron chi connectivity index (χ4n) is 1.20. The summed E-state index contributed by atoms with van der Waals surface area (Å²) in [7, 11) is 0. The first-order valence-corrected chi connectivity index (χ1v) is 7.12. The lowest BCUT2D eigenvalue weighted by Crippen LogP contribution is -2.12. The van der Waals surface area contributed by atoms with Crippen LogP contribution in [-0.4, -0.2) is 36.0 Å². The van der Waals surface area contributed by atoms with E-state index >= 15 is 0 Å². The Labute approximate surface area is 112 Å². The monoisotopic (exact) mass is 272 g/mol. The van der Waals surface area contributed by atoms with Crippen molar-refractivity contribution in [2.24, 2.45) is 5.84 Å². The van der Waals surface area contributed by atoms with Crippen molar-refractivity contribution in [1.82, 2.24) is 9.97 Å². The van der Waals surface area contributed by atoms with E-state index < -0.39 is 0 Å². The van der Waals surface area contributed by atoms with Crippen molar-refractivity contribution in [1.29, 1.82) is 0 Å². The Morgan fingerprint density at radius 3 is 2.83 bits per heavy atom. The van der Waals surface area contributed by atoms with Crippen molar-refractivity contribution >= 4 is 17.6 Å². The molecule has 0 bridgehead atoms. The van der Waals surface area contributed by atoms with Crippen LogP contribution in [0.2, 0.25) is 0 Å². The van der Waals surface area contributed by atoms with Gasteiger partial charge in [0.1, 0.15) is 12.4 Å². The van der Waals surface area contributed by atoms with E-state index in [0.29, 0.717) is 30.1 Å². The van der Waals surface area contributed by atoms with E-state index in [-0.39, 0.29) is 0 Å². The molecule has 7 heteroatoms. The minimum Gasteiger partial charge on any atom is -0.475 e. The quantitative estimate of drug-likeness (QED) is 0.233. The summed E-state index contributed by atoms with van der Waals surface area (Å²) < 4.78 is 10.9. The smallest absolute Gasteiger partial charge is 0.219 e. The number of nitrogen functional groups attached to an aromatic ring is 1. The minimum atomic E-state index is 0.471. The van der Waals surface area contributed by atoms with Crippen molar-refractivity contribution in [2.45, 2.75) is 24.9 Å². The highest BCUT2D eigenvalue weighted by Crippen LogP contribution is 2.18. The summed E-state index contributed by atoms with van der Waals surface area (Å²) in [6, 6.07) is 1.66. The maximum atomic E-state index is 5.49. The van der Waals surface area contributed by atoms with Crippen molar-refractivity contribution < 1.29 is 9.47 Å². The van der Waals surface area contributed by atoms with Crippen LogP contribution in [0, 0.1) is 0 Å². The lowest BCUT2D eigenvalue weighted by atomic mass is 10.4. The molecule has 0 unspecified atom stereocenters. The van der Waals surface area contributed by atoms with Gasteiger partial charge >= 0.3 is 0 Å². The average Bonchev–Trinajstić information content (AvgIpc) is 2.42. The van der Waals surface area contributed by atoms with Crippen LogP contribution in [0.25, 0.3) is 0 Å². The number of hydrogen-bond acceptors (Lipinski definition) is 7. The SMILES string of the molecule is CCCCOCCOc1cc(NN)nc(SC)n1. The Hall–Kier alpha value is -1.05. The maximum Gasteiger partial charge on any atom is 0.219 e. The fourth-order valence-corrected chi connectivity index (χ4v) is 1.57. The Morgan fingerprint density at radius 2 is 2.17 bits per heavy atom. The number of nitrogens with one attached hydrogen (secondary N) is 1. The first-order chi connectivity index (χ1) is 8.80. The maximum absolute atomic E-state index is 5.49. The molecule has 0 saturated carbocycles. The number of unbranched alkanes of at least 4 members (excludes halogenated alkanes) is 1. The molecule has 0 saturated heterocycles. The molecule has 0 amide bonds. The van der Waals surface area contributed by atoms with Gasteiger partial charge in [0.25, 0.3) is 0 Å². The number of hydrogen-bond donors (Lipinski definition) is 2. The van der Waals surface area contributed by atoms with E-state index in [4.69, 9.17) is 15.3 Å². The Bertz CT molecular complexity index is 330. The van der Waals surface area contributed by atoms with E-state index in [9.17, 15) is 0 Å². The third-order valence-electron chi connectivity index (χ3n) is 2.13. The Balaban J connectivity index is 2.36. The van der Waals surface area contributed by atoms with E-state index in [1.165, 1.54) is 11.8 Å². The second-order valence-corrected chi connectivity index (χ2v) is 4.31. The molecule has 0 aliphatic rings. The number of nitrogens with two attached hydrogens (primary N) is 1. The predicted molar refractivity (Wildman–Crippen MR) is 72.8 cm³/mol. The van der Waals surface area contributed by atoms with Gasteiger partial charge < -0.3 is 14.9 Å². The van der Waals surface area contributed by atoms with Gasteiger partial charge in [-0.15, -0.1) is 0 Å². The summed E-state index contributed by atoms with van der Waals surface area (Å²) in [5.74, 6) is 6.36. The predicted octanol–water partition coefficient (Wildman–Crippen LogP) is 1.68. The lowest BCUT2D eigenvalue weighted by Gasteiger charge is -2.08. The number of nitrogens with zero attached hydrogens (tertiary/aromatic N) is 2. The molecule has 18 heavy (non-hydrogen) atoms. The molecule has 0 radical (unpaired) electrons. The molecular formula is C11H20N4O2S. The number of anilines is 1. The molecule has 0 aromatic carbocycles. The van der Waals surface area contributed by atoms with Crippen molar-refractivity contribution in [3.63, 3.8) is 0 Å². The Morgan fingerprint density at radius 1 is 1.33 bits per heavy atom. The first kappa shape index (κ1) is 15.0. The van der Waals surface area contributed by atoms with Gasteiger partial charge in [0.15, 0.2) is 5.16 Å². The molecule has 1 heterocycles. The van der Waals surface area contributed by atoms with Gasteiger partial charge in [-0.25, -0.2) is 10.8 Å². The molecule has 0 spiro atoms. The first-order valence-electron chi connectivity index (χ1n) is 5.90. The molecule has 6 nitrogen and oxygen atoms in total. The molecule has 0 atom stereocenters. The van der Waals surface area contributed by atoms with E-state index in [1.807, 2.05) is 6.26 Å². The normalized spacial score (nSPS) is 10.4. The number of hydrazine groups is 1. The van der Waals surface area contributed by atoms with Crippen LogP contribution in [0.5, 0.6) is 5.88 Å². The molecule has 0 aliphatic carbocycles. The zero-order valence-corrected chi connectivity index (χ0v) is 11.6. The molecule has 3 N–H and O–H groups in total. The van der Waals surface area contributed by atoms with Gasteiger partial charge in [0.2, 0.25) is 5.88 Å². The van der Waals surface area contributed by atoms with Crippen LogP contribution >= 0.6 is 11.8 Å². The number of rotatable bonds is 9. The molecule has 1 aromatic rings. The topological polar surface area (TPSA) is 82.3 Å². The standard InChI is InChI=1S/C11H20N4O2S/c1-3-4-5-16-6-7-17-10-8-9(15-12)13-11(14-10)18-2/h8H,3-7,12H2,1-2H3,(H,13,14,15). The number of ether oxygens (including phenoxy) is 2. The molecular weight excluding hydrogens is 252 g/mol. The van der Waals surface area contributed by atoms with Gasteiger partial charge in [-0.05, 0) is 12.7 Å². The summed E-state index contributed by atoms with van der Waals surface area (Å²) in [4.78, 5) is 8.36. The van der Waals surface area contributed by atoms with Crippen molar-refractivity contribution in [2.75, 3.05) is 31.5 Å².